The Bertz CT molecular complexity index is 1290. The second-order valence-electron chi connectivity index (χ2n) is 6.75. The summed E-state index contributed by atoms with van der Waals surface area (Å²) in [4.78, 5) is 23.3. The van der Waals surface area contributed by atoms with Crippen LogP contribution in [0, 0.1) is 24.0 Å². The number of sulfonamides is 1. The minimum Gasteiger partial charge on any atom is -0.322 e. The molecule has 0 unspecified atom stereocenters. The van der Waals surface area contributed by atoms with Crippen molar-refractivity contribution in [3.05, 3.63) is 92.5 Å². The van der Waals surface area contributed by atoms with Crippen LogP contribution in [0.4, 0.5) is 17.1 Å². The number of benzene rings is 3. The first-order valence-electron chi connectivity index (χ1n) is 9.03. The van der Waals surface area contributed by atoms with Crippen molar-refractivity contribution in [2.45, 2.75) is 18.7 Å². The number of anilines is 2. The first-order chi connectivity index (χ1) is 14.6. The lowest BCUT2D eigenvalue weighted by atomic mass is 10.1. The van der Waals surface area contributed by atoms with E-state index in [1.165, 1.54) is 49.4 Å². The number of para-hydroxylation sites is 2. The molecule has 2 N–H and O–H groups in total. The Morgan fingerprint density at radius 2 is 1.71 bits per heavy atom. The zero-order valence-corrected chi connectivity index (χ0v) is 18.1. The number of carbonyl (C=O) groups excluding carboxylic acids is 1. The van der Waals surface area contributed by atoms with Gasteiger partial charge in [0.25, 0.3) is 21.6 Å². The smallest absolute Gasteiger partial charge is 0.285 e. The second kappa shape index (κ2) is 8.75. The SMILES string of the molecule is Cc1ccc(NC(=O)c2cccc(C)c2[N+](=O)[O-])cc1S(=O)(=O)Nc1ccccc1Cl. The molecule has 3 aromatic carbocycles. The lowest BCUT2D eigenvalue weighted by molar-refractivity contribution is -0.385. The molecule has 3 rings (SSSR count). The Labute approximate surface area is 184 Å². The van der Waals surface area contributed by atoms with E-state index in [4.69, 9.17) is 11.6 Å². The maximum atomic E-state index is 12.9. The van der Waals surface area contributed by atoms with E-state index in [-0.39, 0.29) is 32.5 Å². The van der Waals surface area contributed by atoms with E-state index in [9.17, 15) is 23.3 Å². The molecule has 0 spiro atoms. The molecular weight excluding hydrogens is 442 g/mol. The van der Waals surface area contributed by atoms with E-state index in [1.807, 2.05) is 0 Å². The Morgan fingerprint density at radius 3 is 2.39 bits per heavy atom. The fraction of sp³-hybridized carbons (Fsp3) is 0.0952. The first-order valence-corrected chi connectivity index (χ1v) is 10.9. The Morgan fingerprint density at radius 1 is 1.00 bits per heavy atom. The molecule has 0 fully saturated rings. The highest BCUT2D eigenvalue weighted by Gasteiger charge is 2.24. The van der Waals surface area contributed by atoms with Gasteiger partial charge in [0.05, 0.1) is 20.5 Å². The molecule has 31 heavy (non-hydrogen) atoms. The van der Waals surface area contributed by atoms with Gasteiger partial charge in [0, 0.05) is 11.3 Å². The predicted octanol–water partition coefficient (Wildman–Crippen LogP) is 4.92. The van der Waals surface area contributed by atoms with E-state index in [2.05, 4.69) is 10.0 Å². The zero-order valence-electron chi connectivity index (χ0n) is 16.5. The van der Waals surface area contributed by atoms with Crippen LogP contribution in [0.2, 0.25) is 5.02 Å². The minimum absolute atomic E-state index is 0.0658. The number of nitrogens with zero attached hydrogens (tertiary/aromatic N) is 1. The van der Waals surface area contributed by atoms with Crippen molar-refractivity contribution in [1.29, 1.82) is 0 Å². The van der Waals surface area contributed by atoms with Crippen LogP contribution in [0.15, 0.2) is 65.6 Å². The maximum Gasteiger partial charge on any atom is 0.285 e. The van der Waals surface area contributed by atoms with Crippen LogP contribution in [0.3, 0.4) is 0 Å². The molecule has 0 saturated heterocycles. The molecule has 0 aliphatic heterocycles. The molecule has 0 atom stereocenters. The first kappa shape index (κ1) is 22.3. The molecular formula is C21H18ClN3O5S. The lowest BCUT2D eigenvalue weighted by Crippen LogP contribution is -2.17. The van der Waals surface area contributed by atoms with Crippen molar-refractivity contribution < 1.29 is 18.1 Å². The second-order valence-corrected chi connectivity index (χ2v) is 8.81. The molecule has 0 bridgehead atoms. The largest absolute Gasteiger partial charge is 0.322 e. The number of nitro groups is 1. The molecule has 8 nitrogen and oxygen atoms in total. The Balaban J connectivity index is 1.93. The minimum atomic E-state index is -4.01. The van der Waals surface area contributed by atoms with E-state index < -0.39 is 20.9 Å². The molecule has 0 aliphatic carbocycles. The number of aryl methyl sites for hydroxylation is 2. The van der Waals surface area contributed by atoms with Gasteiger partial charge in [-0.15, -0.1) is 0 Å². The van der Waals surface area contributed by atoms with E-state index in [0.717, 1.165) is 0 Å². The van der Waals surface area contributed by atoms with Gasteiger partial charge in [-0.3, -0.25) is 19.6 Å². The van der Waals surface area contributed by atoms with Crippen molar-refractivity contribution in [3.63, 3.8) is 0 Å². The topological polar surface area (TPSA) is 118 Å². The summed E-state index contributed by atoms with van der Waals surface area (Å²) in [6.07, 6.45) is 0. The van der Waals surface area contributed by atoms with Gasteiger partial charge >= 0.3 is 0 Å². The number of amides is 1. The fourth-order valence-electron chi connectivity index (χ4n) is 2.99. The highest BCUT2D eigenvalue weighted by molar-refractivity contribution is 7.92. The molecule has 0 aromatic heterocycles. The normalized spacial score (nSPS) is 11.1. The average Bonchev–Trinajstić information content (AvgIpc) is 2.70. The third kappa shape index (κ3) is 4.84. The van der Waals surface area contributed by atoms with Crippen molar-refractivity contribution in [2.24, 2.45) is 0 Å². The summed E-state index contributed by atoms with van der Waals surface area (Å²) in [5, 5.41) is 14.1. The van der Waals surface area contributed by atoms with E-state index >= 15 is 0 Å². The number of hydrogen-bond donors (Lipinski definition) is 2. The Hall–Kier alpha value is -3.43. The number of nitro benzene ring substituents is 1. The third-order valence-electron chi connectivity index (χ3n) is 4.52. The molecule has 0 radical (unpaired) electrons. The van der Waals surface area contributed by atoms with Gasteiger partial charge in [-0.05, 0) is 49.7 Å². The highest BCUT2D eigenvalue weighted by Crippen LogP contribution is 2.28. The third-order valence-corrected chi connectivity index (χ3v) is 6.36. The molecule has 0 heterocycles. The highest BCUT2D eigenvalue weighted by atomic mass is 35.5. The maximum absolute atomic E-state index is 12.9. The molecule has 3 aromatic rings. The van der Waals surface area contributed by atoms with Crippen LogP contribution in [0.1, 0.15) is 21.5 Å². The average molecular weight is 460 g/mol. The Kier molecular flexibility index (Phi) is 6.28. The fourth-order valence-corrected chi connectivity index (χ4v) is 4.58. The van der Waals surface area contributed by atoms with Crippen molar-refractivity contribution in [3.8, 4) is 0 Å². The standard InChI is InChI=1S/C21H18ClN3O5S/c1-13-10-11-15(23-21(26)16-7-5-6-14(2)20(16)25(27)28)12-19(13)31(29,30)24-18-9-4-3-8-17(18)22/h3-12,24H,1-2H3,(H,23,26). The van der Waals surface area contributed by atoms with Crippen LogP contribution < -0.4 is 10.0 Å². The summed E-state index contributed by atoms with van der Waals surface area (Å²) in [5.41, 5.74) is 0.747. The summed E-state index contributed by atoms with van der Waals surface area (Å²) in [6.45, 7) is 3.14. The molecule has 160 valence electrons. The summed E-state index contributed by atoms with van der Waals surface area (Å²) in [7, 11) is -4.01. The van der Waals surface area contributed by atoms with Gasteiger partial charge in [0.15, 0.2) is 0 Å². The monoisotopic (exact) mass is 459 g/mol. The number of nitrogens with one attached hydrogen (secondary N) is 2. The van der Waals surface area contributed by atoms with Crippen LogP contribution in [0.5, 0.6) is 0 Å². The molecule has 1 amide bonds. The van der Waals surface area contributed by atoms with Crippen LogP contribution in [0.25, 0.3) is 0 Å². The van der Waals surface area contributed by atoms with E-state index in [1.54, 1.807) is 25.1 Å². The number of hydrogen-bond acceptors (Lipinski definition) is 5. The van der Waals surface area contributed by atoms with Gasteiger partial charge in [-0.25, -0.2) is 8.42 Å². The number of halogens is 1. The van der Waals surface area contributed by atoms with Crippen molar-refractivity contribution >= 4 is 44.6 Å². The van der Waals surface area contributed by atoms with Gasteiger partial charge in [0.2, 0.25) is 0 Å². The molecule has 0 aliphatic rings. The van der Waals surface area contributed by atoms with Gasteiger partial charge < -0.3 is 5.32 Å². The van der Waals surface area contributed by atoms with Crippen molar-refractivity contribution in [1.82, 2.24) is 0 Å². The quantitative estimate of drug-likeness (QED) is 0.400. The van der Waals surface area contributed by atoms with Crippen LogP contribution in [-0.2, 0) is 10.0 Å². The molecule has 10 heteroatoms. The summed E-state index contributed by atoms with van der Waals surface area (Å²) in [5.74, 6) is -0.721. The summed E-state index contributed by atoms with van der Waals surface area (Å²) in [6, 6.07) is 15.1. The zero-order chi connectivity index (χ0) is 22.8. The van der Waals surface area contributed by atoms with Crippen molar-refractivity contribution in [2.75, 3.05) is 10.0 Å². The number of carbonyl (C=O) groups is 1. The summed E-state index contributed by atoms with van der Waals surface area (Å²) >= 11 is 6.04. The number of rotatable bonds is 6. The summed E-state index contributed by atoms with van der Waals surface area (Å²) < 4.78 is 28.2. The van der Waals surface area contributed by atoms with Crippen LogP contribution >= 0.6 is 11.6 Å². The van der Waals surface area contributed by atoms with Gasteiger partial charge in [-0.1, -0.05) is 41.9 Å². The van der Waals surface area contributed by atoms with Gasteiger partial charge in [-0.2, -0.15) is 0 Å². The lowest BCUT2D eigenvalue weighted by Gasteiger charge is -2.13. The molecule has 0 saturated carbocycles. The van der Waals surface area contributed by atoms with Crippen LogP contribution in [-0.4, -0.2) is 19.2 Å². The van der Waals surface area contributed by atoms with E-state index in [0.29, 0.717) is 11.1 Å². The van der Waals surface area contributed by atoms with Gasteiger partial charge in [0.1, 0.15) is 5.56 Å². The predicted molar refractivity (Wildman–Crippen MR) is 119 cm³/mol.